The van der Waals surface area contributed by atoms with Crippen LogP contribution in [0.15, 0.2) is 36.7 Å². The van der Waals surface area contributed by atoms with Gasteiger partial charge in [-0.05, 0) is 30.2 Å². The number of hydrogen-bond donors (Lipinski definition) is 2. The molecule has 3 N–H and O–H groups in total. The zero-order chi connectivity index (χ0) is 27.3. The first-order chi connectivity index (χ1) is 18.6. The Morgan fingerprint density at radius 3 is 1.87 bits per heavy atom. The van der Waals surface area contributed by atoms with E-state index in [0.29, 0.717) is 6.61 Å². The van der Waals surface area contributed by atoms with Crippen LogP contribution < -0.4 is 15.2 Å². The number of aromatic nitrogens is 2. The lowest BCUT2D eigenvalue weighted by Crippen LogP contribution is -2.14. The van der Waals surface area contributed by atoms with Gasteiger partial charge in [0.05, 0.1) is 12.9 Å². The van der Waals surface area contributed by atoms with Crippen LogP contribution in [0.4, 0.5) is 0 Å². The summed E-state index contributed by atoms with van der Waals surface area (Å²) < 4.78 is 10.9. The van der Waals surface area contributed by atoms with Crippen LogP contribution in [-0.2, 0) is 4.79 Å². The van der Waals surface area contributed by atoms with Crippen molar-refractivity contribution in [1.29, 1.82) is 0 Å². The third kappa shape index (κ3) is 14.0. The van der Waals surface area contributed by atoms with Gasteiger partial charge in [-0.1, -0.05) is 115 Å². The normalized spacial score (nSPS) is 11.2. The molecule has 0 atom stereocenters. The molecule has 0 aliphatic rings. The molecule has 1 aromatic carbocycles. The number of primary amides is 1. The highest BCUT2D eigenvalue weighted by atomic mass is 16.5. The first kappa shape index (κ1) is 31.1. The lowest BCUT2D eigenvalue weighted by atomic mass is 10.0. The third-order valence-electron chi connectivity index (χ3n) is 6.61. The zero-order valence-electron chi connectivity index (χ0n) is 23.2. The van der Waals surface area contributed by atoms with Crippen LogP contribution in [0.25, 0.3) is 6.08 Å². The van der Waals surface area contributed by atoms with E-state index in [2.05, 4.69) is 16.9 Å². The summed E-state index contributed by atoms with van der Waals surface area (Å²) in [5.74, 6) is -0.717. The van der Waals surface area contributed by atoms with Gasteiger partial charge in [-0.2, -0.15) is 0 Å². The van der Waals surface area contributed by atoms with E-state index in [1.807, 2.05) is 24.3 Å². The summed E-state index contributed by atoms with van der Waals surface area (Å²) in [6.45, 7) is 2.99. The van der Waals surface area contributed by atoms with Crippen LogP contribution in [0.2, 0.25) is 0 Å². The molecular formula is C31H47N3O4. The van der Waals surface area contributed by atoms with Crippen molar-refractivity contribution >= 4 is 18.0 Å². The average molecular weight is 526 g/mol. The molecule has 1 heterocycles. The zero-order valence-corrected chi connectivity index (χ0v) is 23.2. The summed E-state index contributed by atoms with van der Waals surface area (Å²) >= 11 is 0. The van der Waals surface area contributed by atoms with Crippen LogP contribution >= 0.6 is 0 Å². The van der Waals surface area contributed by atoms with Gasteiger partial charge in [-0.25, -0.2) is 9.78 Å². The van der Waals surface area contributed by atoms with E-state index in [-0.39, 0.29) is 11.6 Å². The van der Waals surface area contributed by atoms with E-state index in [0.717, 1.165) is 17.7 Å². The molecular weight excluding hydrogens is 478 g/mol. The number of rotatable bonds is 22. The fourth-order valence-electron chi connectivity index (χ4n) is 4.34. The molecule has 0 fully saturated rings. The van der Waals surface area contributed by atoms with Gasteiger partial charge in [0, 0.05) is 6.08 Å². The number of ether oxygens (including phenoxy) is 2. The maximum Gasteiger partial charge on any atom is 0.337 e. The van der Waals surface area contributed by atoms with E-state index in [4.69, 9.17) is 15.2 Å². The first-order valence-electron chi connectivity index (χ1n) is 14.6. The molecule has 0 saturated heterocycles. The smallest absolute Gasteiger partial charge is 0.337 e. The molecule has 0 unspecified atom stereocenters. The van der Waals surface area contributed by atoms with Crippen LogP contribution in [0, 0.1) is 0 Å². The minimum atomic E-state index is -0.746. The van der Waals surface area contributed by atoms with E-state index in [1.165, 1.54) is 109 Å². The Kier molecular flexibility index (Phi) is 16.3. The van der Waals surface area contributed by atoms with E-state index in [9.17, 15) is 9.59 Å². The number of benzene rings is 1. The molecule has 210 valence electrons. The number of unbranched alkanes of at least 4 members (excludes halogenated alkanes) is 15. The van der Waals surface area contributed by atoms with E-state index in [1.54, 1.807) is 6.08 Å². The summed E-state index contributed by atoms with van der Waals surface area (Å²) in [6, 6.07) is 7.51. The first-order valence-corrected chi connectivity index (χ1v) is 14.6. The molecule has 0 saturated carbocycles. The van der Waals surface area contributed by atoms with Gasteiger partial charge in [-0.3, -0.25) is 4.79 Å². The summed E-state index contributed by atoms with van der Waals surface area (Å²) in [7, 11) is 0. The largest absolute Gasteiger partial charge is 0.494 e. The number of amides is 1. The molecule has 1 amide bonds. The summed E-state index contributed by atoms with van der Waals surface area (Å²) in [5, 5.41) is 0. The number of carbonyl (C=O) groups is 2. The number of esters is 1. The Hall–Kier alpha value is -3.09. The van der Waals surface area contributed by atoms with Crippen molar-refractivity contribution in [2.45, 2.75) is 110 Å². The standard InChI is InChI=1S/C31H47N3O4/c1-2-3-4-5-6-7-8-9-10-11-12-13-14-15-16-17-24-37-27-21-18-26(19-22-27)20-23-28(35)38-31-29(30(32)36)33-25-34-31/h18-23,25H,2-17,24H2,1H3,(H2,32,36)(H,33,34). The number of aromatic amines is 1. The second kappa shape index (κ2) is 19.9. The lowest BCUT2D eigenvalue weighted by Gasteiger charge is -2.07. The van der Waals surface area contributed by atoms with Crippen LogP contribution in [-0.4, -0.2) is 28.5 Å². The molecule has 38 heavy (non-hydrogen) atoms. The Morgan fingerprint density at radius 2 is 1.34 bits per heavy atom. The number of H-pyrrole nitrogens is 1. The third-order valence-corrected chi connectivity index (χ3v) is 6.61. The van der Waals surface area contributed by atoms with E-state index >= 15 is 0 Å². The Morgan fingerprint density at radius 1 is 0.816 bits per heavy atom. The Bertz CT molecular complexity index is 937. The molecule has 7 nitrogen and oxygen atoms in total. The predicted molar refractivity (Wildman–Crippen MR) is 153 cm³/mol. The maximum atomic E-state index is 12.0. The van der Waals surface area contributed by atoms with Crippen molar-refractivity contribution in [3.8, 4) is 11.6 Å². The monoisotopic (exact) mass is 525 g/mol. The maximum absolute atomic E-state index is 12.0. The molecule has 0 aliphatic carbocycles. The van der Waals surface area contributed by atoms with Gasteiger partial charge < -0.3 is 20.2 Å². The van der Waals surface area contributed by atoms with Crippen LogP contribution in [0.3, 0.4) is 0 Å². The van der Waals surface area contributed by atoms with Gasteiger partial charge in [-0.15, -0.1) is 0 Å². The van der Waals surface area contributed by atoms with E-state index < -0.39 is 11.9 Å². The SMILES string of the molecule is CCCCCCCCCCCCCCCCCCOc1ccc(C=CC(=O)Oc2nc[nH]c2C(N)=O)cc1. The van der Waals surface area contributed by atoms with Crippen molar-refractivity contribution in [1.82, 2.24) is 9.97 Å². The molecule has 2 aromatic rings. The Balaban J connectivity index is 1.44. The van der Waals surface area contributed by atoms with Crippen molar-refractivity contribution in [2.24, 2.45) is 5.73 Å². The van der Waals surface area contributed by atoms with Gasteiger partial charge in [0.15, 0.2) is 5.69 Å². The number of carbonyl (C=O) groups excluding carboxylic acids is 2. The summed E-state index contributed by atoms with van der Waals surface area (Å²) in [4.78, 5) is 29.5. The molecule has 1 aromatic heterocycles. The molecule has 0 bridgehead atoms. The molecule has 0 aliphatic heterocycles. The number of nitrogens with zero attached hydrogens (tertiary/aromatic N) is 1. The number of hydrogen-bond acceptors (Lipinski definition) is 5. The molecule has 0 spiro atoms. The number of nitrogens with one attached hydrogen (secondary N) is 1. The molecule has 7 heteroatoms. The van der Waals surface area contributed by atoms with Crippen molar-refractivity contribution in [3.05, 3.63) is 47.9 Å². The lowest BCUT2D eigenvalue weighted by molar-refractivity contribution is -0.129. The highest BCUT2D eigenvalue weighted by Gasteiger charge is 2.14. The van der Waals surface area contributed by atoms with Crippen molar-refractivity contribution in [2.75, 3.05) is 6.61 Å². The van der Waals surface area contributed by atoms with Crippen molar-refractivity contribution in [3.63, 3.8) is 0 Å². The van der Waals surface area contributed by atoms with Gasteiger partial charge in [0.1, 0.15) is 5.75 Å². The van der Waals surface area contributed by atoms with Crippen molar-refractivity contribution < 1.29 is 19.1 Å². The van der Waals surface area contributed by atoms with Gasteiger partial charge in [0.25, 0.3) is 11.8 Å². The van der Waals surface area contributed by atoms with Gasteiger partial charge in [0.2, 0.25) is 0 Å². The summed E-state index contributed by atoms with van der Waals surface area (Å²) in [5.41, 5.74) is 5.97. The van der Waals surface area contributed by atoms with Gasteiger partial charge >= 0.3 is 5.97 Å². The summed E-state index contributed by atoms with van der Waals surface area (Å²) in [6.07, 6.45) is 25.8. The quantitative estimate of drug-likeness (QED) is 0.0927. The second-order valence-corrected chi connectivity index (χ2v) is 9.92. The molecule has 0 radical (unpaired) electrons. The number of nitrogens with two attached hydrogens (primary N) is 1. The fraction of sp³-hybridized carbons (Fsp3) is 0.581. The number of imidazole rings is 1. The van der Waals surface area contributed by atoms with Crippen LogP contribution in [0.1, 0.15) is 126 Å². The highest BCUT2D eigenvalue weighted by molar-refractivity contribution is 5.95. The minimum absolute atomic E-state index is 0.0439. The average Bonchev–Trinajstić information content (AvgIpc) is 3.38. The van der Waals surface area contributed by atoms with Crippen LogP contribution in [0.5, 0.6) is 11.6 Å². The second-order valence-electron chi connectivity index (χ2n) is 9.92. The fourth-order valence-corrected chi connectivity index (χ4v) is 4.34. The highest BCUT2D eigenvalue weighted by Crippen LogP contribution is 2.16. The predicted octanol–water partition coefficient (Wildman–Crippen LogP) is 7.77. The Labute approximate surface area is 228 Å². The minimum Gasteiger partial charge on any atom is -0.494 e. The molecule has 2 rings (SSSR count). The topological polar surface area (TPSA) is 107 Å².